The van der Waals surface area contributed by atoms with Crippen molar-refractivity contribution < 1.29 is 13.3 Å². The minimum Gasteiger partial charge on any atom is -0.258 e. The molecule has 1 aromatic carbocycles. The Morgan fingerprint density at radius 1 is 1.50 bits per heavy atom. The van der Waals surface area contributed by atoms with Crippen LogP contribution in [0.4, 0.5) is 5.69 Å². The molecule has 0 amide bonds. The zero-order chi connectivity index (χ0) is 15.3. The summed E-state index contributed by atoms with van der Waals surface area (Å²) < 4.78 is 27.0. The summed E-state index contributed by atoms with van der Waals surface area (Å²) in [6.45, 7) is 3.38. The first-order chi connectivity index (χ1) is 9.33. The van der Waals surface area contributed by atoms with E-state index in [-0.39, 0.29) is 4.90 Å². The number of sulfonamides is 1. The second-order valence-corrected chi connectivity index (χ2v) is 5.96. The van der Waals surface area contributed by atoms with Crippen LogP contribution in [0.5, 0.6) is 0 Å². The van der Waals surface area contributed by atoms with E-state index in [2.05, 4.69) is 10.6 Å². The Morgan fingerprint density at radius 2 is 2.15 bits per heavy atom. The van der Waals surface area contributed by atoms with Gasteiger partial charge in [-0.25, -0.2) is 8.42 Å². The summed E-state index contributed by atoms with van der Waals surface area (Å²) in [5, 5.41) is 11.0. The van der Waals surface area contributed by atoms with Gasteiger partial charge in [-0.15, -0.1) is 6.42 Å². The van der Waals surface area contributed by atoms with Gasteiger partial charge in [0.15, 0.2) is 4.90 Å². The lowest BCUT2D eigenvalue weighted by Crippen LogP contribution is -2.34. The molecule has 0 saturated carbocycles. The summed E-state index contributed by atoms with van der Waals surface area (Å²) in [6.07, 6.45) is 6.44. The summed E-state index contributed by atoms with van der Waals surface area (Å²) in [5.74, 6) is 2.34. The maximum absolute atomic E-state index is 12.3. The first-order valence-electron chi connectivity index (χ1n) is 6.06. The number of terminal acetylenes is 1. The van der Waals surface area contributed by atoms with E-state index in [0.29, 0.717) is 18.4 Å². The average molecular weight is 296 g/mol. The standard InChI is InChI=1S/C13H16N2O4S/c1-4-7-11(5-2)14-20(18,19)13-10(3)8-6-9-12(13)15(16)17/h2,6,8-9,11,14H,4,7H2,1,3H3. The van der Waals surface area contributed by atoms with Gasteiger partial charge in [0, 0.05) is 6.07 Å². The number of rotatable bonds is 6. The van der Waals surface area contributed by atoms with Gasteiger partial charge in [0.2, 0.25) is 10.0 Å². The van der Waals surface area contributed by atoms with Gasteiger partial charge in [-0.05, 0) is 18.9 Å². The van der Waals surface area contributed by atoms with Crippen molar-refractivity contribution in [3.05, 3.63) is 33.9 Å². The Labute approximate surface area is 118 Å². The van der Waals surface area contributed by atoms with Crippen molar-refractivity contribution in [1.82, 2.24) is 4.72 Å². The lowest BCUT2D eigenvalue weighted by atomic mass is 10.2. The minimum absolute atomic E-state index is 0.305. The van der Waals surface area contributed by atoms with E-state index < -0.39 is 26.7 Å². The molecule has 1 rings (SSSR count). The second kappa shape index (κ2) is 6.50. The molecule has 0 fully saturated rings. The van der Waals surface area contributed by atoms with Crippen LogP contribution >= 0.6 is 0 Å². The molecule has 0 aliphatic rings. The van der Waals surface area contributed by atoms with Gasteiger partial charge in [-0.1, -0.05) is 31.4 Å². The number of hydrogen-bond acceptors (Lipinski definition) is 4. The summed E-state index contributed by atoms with van der Waals surface area (Å²) in [4.78, 5) is 9.93. The molecular weight excluding hydrogens is 280 g/mol. The summed E-state index contributed by atoms with van der Waals surface area (Å²) in [5.41, 5.74) is -0.149. The predicted octanol–water partition coefficient (Wildman–Crippen LogP) is 1.98. The Morgan fingerprint density at radius 3 is 2.65 bits per heavy atom. The molecule has 20 heavy (non-hydrogen) atoms. The highest BCUT2D eigenvalue weighted by atomic mass is 32.2. The van der Waals surface area contributed by atoms with Crippen LogP contribution in [-0.4, -0.2) is 19.4 Å². The summed E-state index contributed by atoms with van der Waals surface area (Å²) >= 11 is 0. The molecule has 0 spiro atoms. The number of nitrogens with one attached hydrogen (secondary N) is 1. The maximum atomic E-state index is 12.3. The first-order valence-corrected chi connectivity index (χ1v) is 7.54. The highest BCUT2D eigenvalue weighted by Gasteiger charge is 2.29. The van der Waals surface area contributed by atoms with Crippen LogP contribution in [0, 0.1) is 29.4 Å². The number of aryl methyl sites for hydroxylation is 1. The zero-order valence-corrected chi connectivity index (χ0v) is 12.1. The average Bonchev–Trinajstić information content (AvgIpc) is 2.37. The Bertz CT molecular complexity index is 647. The quantitative estimate of drug-likeness (QED) is 0.494. The van der Waals surface area contributed by atoms with E-state index in [1.807, 2.05) is 6.92 Å². The third kappa shape index (κ3) is 3.56. The number of nitrogens with zero attached hydrogens (tertiary/aromatic N) is 1. The van der Waals surface area contributed by atoms with Gasteiger partial charge in [-0.3, -0.25) is 10.1 Å². The highest BCUT2D eigenvalue weighted by Crippen LogP contribution is 2.27. The molecule has 0 bridgehead atoms. The number of benzene rings is 1. The van der Waals surface area contributed by atoms with Gasteiger partial charge in [0.05, 0.1) is 11.0 Å². The van der Waals surface area contributed by atoms with Gasteiger partial charge in [0.25, 0.3) is 5.69 Å². The molecule has 6 nitrogen and oxygen atoms in total. The van der Waals surface area contributed by atoms with Crippen LogP contribution in [0.25, 0.3) is 0 Å². The first kappa shape index (κ1) is 16.1. The Kier molecular flexibility index (Phi) is 5.25. The lowest BCUT2D eigenvalue weighted by Gasteiger charge is -2.14. The van der Waals surface area contributed by atoms with Gasteiger partial charge in [0.1, 0.15) is 0 Å². The molecular formula is C13H16N2O4S. The van der Waals surface area contributed by atoms with Crippen LogP contribution < -0.4 is 4.72 Å². The van der Waals surface area contributed by atoms with E-state index in [1.54, 1.807) is 0 Å². The van der Waals surface area contributed by atoms with Crippen molar-refractivity contribution >= 4 is 15.7 Å². The predicted molar refractivity (Wildman–Crippen MR) is 75.7 cm³/mol. The molecule has 0 aromatic heterocycles. The van der Waals surface area contributed by atoms with Crippen molar-refractivity contribution in [1.29, 1.82) is 0 Å². The van der Waals surface area contributed by atoms with E-state index in [1.165, 1.54) is 19.1 Å². The van der Waals surface area contributed by atoms with Gasteiger partial charge >= 0.3 is 0 Å². The van der Waals surface area contributed by atoms with Crippen LogP contribution in [0.1, 0.15) is 25.3 Å². The van der Waals surface area contributed by atoms with Crippen LogP contribution in [0.15, 0.2) is 23.1 Å². The topological polar surface area (TPSA) is 89.3 Å². The van der Waals surface area contributed by atoms with Crippen LogP contribution in [0.3, 0.4) is 0 Å². The third-order valence-corrected chi connectivity index (χ3v) is 4.40. The van der Waals surface area contributed by atoms with Crippen molar-refractivity contribution in [2.45, 2.75) is 37.6 Å². The van der Waals surface area contributed by atoms with E-state index in [0.717, 1.165) is 6.07 Å². The number of nitro benzene ring substituents is 1. The van der Waals surface area contributed by atoms with Crippen molar-refractivity contribution in [2.75, 3.05) is 0 Å². The molecule has 1 atom stereocenters. The summed E-state index contributed by atoms with van der Waals surface area (Å²) in [7, 11) is -4.03. The largest absolute Gasteiger partial charge is 0.289 e. The normalized spacial score (nSPS) is 12.7. The maximum Gasteiger partial charge on any atom is 0.289 e. The fourth-order valence-corrected chi connectivity index (χ4v) is 3.43. The van der Waals surface area contributed by atoms with Crippen LogP contribution in [-0.2, 0) is 10.0 Å². The number of nitro groups is 1. The zero-order valence-electron chi connectivity index (χ0n) is 11.3. The SMILES string of the molecule is C#CC(CCC)NS(=O)(=O)c1c(C)cccc1[N+](=O)[O-]. The molecule has 1 N–H and O–H groups in total. The smallest absolute Gasteiger partial charge is 0.258 e. The Hall–Kier alpha value is -1.91. The fourth-order valence-electron chi connectivity index (χ4n) is 1.84. The molecule has 108 valence electrons. The lowest BCUT2D eigenvalue weighted by molar-refractivity contribution is -0.387. The molecule has 7 heteroatoms. The Balaban J connectivity index is 3.29. The molecule has 1 aromatic rings. The van der Waals surface area contributed by atoms with Crippen LogP contribution in [0.2, 0.25) is 0 Å². The molecule has 0 radical (unpaired) electrons. The van der Waals surface area contributed by atoms with E-state index >= 15 is 0 Å². The van der Waals surface area contributed by atoms with Crippen molar-refractivity contribution in [2.24, 2.45) is 0 Å². The molecule has 1 unspecified atom stereocenters. The molecule has 0 aliphatic carbocycles. The van der Waals surface area contributed by atoms with Crippen molar-refractivity contribution in [3.8, 4) is 12.3 Å². The van der Waals surface area contributed by atoms with E-state index in [4.69, 9.17) is 6.42 Å². The monoisotopic (exact) mass is 296 g/mol. The van der Waals surface area contributed by atoms with Gasteiger partial charge in [-0.2, -0.15) is 4.72 Å². The number of hydrogen-bond donors (Lipinski definition) is 1. The highest BCUT2D eigenvalue weighted by molar-refractivity contribution is 7.89. The molecule has 0 heterocycles. The molecule has 0 saturated heterocycles. The third-order valence-electron chi connectivity index (χ3n) is 2.73. The van der Waals surface area contributed by atoms with Gasteiger partial charge < -0.3 is 0 Å². The fraction of sp³-hybridized carbons (Fsp3) is 0.385. The molecule has 0 aliphatic heterocycles. The van der Waals surface area contributed by atoms with Crippen molar-refractivity contribution in [3.63, 3.8) is 0 Å². The summed E-state index contributed by atoms with van der Waals surface area (Å²) in [6, 6.07) is 3.43. The minimum atomic E-state index is -4.03. The second-order valence-electron chi connectivity index (χ2n) is 4.31. The van der Waals surface area contributed by atoms with E-state index in [9.17, 15) is 18.5 Å².